The predicted molar refractivity (Wildman–Crippen MR) is 142 cm³/mol. The summed E-state index contributed by atoms with van der Waals surface area (Å²) in [4.78, 5) is 33.2. The SMILES string of the molecule is COCCN1C(=O)c2ccccc2[C@H](C(=O)N2CCN(c3cccc(C(F)(F)F)c3)CC2)[C@@H]1c1ccccc1. The van der Waals surface area contributed by atoms with Crippen LogP contribution in [0, 0.1) is 0 Å². The molecule has 2 atom stereocenters. The van der Waals surface area contributed by atoms with E-state index in [2.05, 4.69) is 0 Å². The van der Waals surface area contributed by atoms with Crippen LogP contribution in [0.2, 0.25) is 0 Å². The maximum absolute atomic E-state index is 14.2. The van der Waals surface area contributed by atoms with Gasteiger partial charge in [0.25, 0.3) is 5.91 Å². The highest BCUT2D eigenvalue weighted by Gasteiger charge is 2.45. The number of fused-ring (bicyclic) bond motifs is 1. The number of carbonyl (C=O) groups excluding carboxylic acids is 2. The van der Waals surface area contributed by atoms with Crippen molar-refractivity contribution in [1.82, 2.24) is 9.80 Å². The zero-order valence-electron chi connectivity index (χ0n) is 21.6. The largest absolute Gasteiger partial charge is 0.416 e. The van der Waals surface area contributed by atoms with Crippen LogP contribution in [-0.2, 0) is 15.7 Å². The topological polar surface area (TPSA) is 53.1 Å². The van der Waals surface area contributed by atoms with Gasteiger partial charge in [-0.3, -0.25) is 9.59 Å². The van der Waals surface area contributed by atoms with E-state index < -0.39 is 23.7 Å². The minimum absolute atomic E-state index is 0.102. The number of anilines is 1. The average molecular weight is 538 g/mol. The number of carbonyl (C=O) groups is 2. The van der Waals surface area contributed by atoms with Gasteiger partial charge in [0.1, 0.15) is 0 Å². The van der Waals surface area contributed by atoms with Gasteiger partial charge in [-0.2, -0.15) is 13.2 Å². The molecular formula is C30H30F3N3O3. The first-order valence-corrected chi connectivity index (χ1v) is 12.9. The lowest BCUT2D eigenvalue weighted by atomic mass is 9.78. The molecule has 0 radical (unpaired) electrons. The molecule has 2 amide bonds. The molecule has 0 aliphatic carbocycles. The van der Waals surface area contributed by atoms with Crippen LogP contribution in [0.3, 0.4) is 0 Å². The highest BCUT2D eigenvalue weighted by Crippen LogP contribution is 2.44. The molecule has 0 saturated carbocycles. The lowest BCUT2D eigenvalue weighted by Gasteiger charge is -2.44. The van der Waals surface area contributed by atoms with Crippen molar-refractivity contribution in [2.24, 2.45) is 0 Å². The van der Waals surface area contributed by atoms with Gasteiger partial charge in [-0.1, -0.05) is 54.6 Å². The fourth-order valence-corrected chi connectivity index (χ4v) is 5.58. The molecule has 2 heterocycles. The van der Waals surface area contributed by atoms with Gasteiger partial charge in [0.15, 0.2) is 0 Å². The van der Waals surface area contributed by atoms with E-state index in [4.69, 9.17) is 4.74 Å². The Kier molecular flexibility index (Phi) is 7.61. The Balaban J connectivity index is 1.44. The number of benzene rings is 3. The second kappa shape index (κ2) is 11.1. The Morgan fingerprint density at radius 3 is 2.31 bits per heavy atom. The summed E-state index contributed by atoms with van der Waals surface area (Å²) in [5, 5.41) is 0. The van der Waals surface area contributed by atoms with Gasteiger partial charge >= 0.3 is 6.18 Å². The number of amides is 2. The van der Waals surface area contributed by atoms with Crippen molar-refractivity contribution < 1.29 is 27.5 Å². The van der Waals surface area contributed by atoms with Crippen molar-refractivity contribution in [3.05, 3.63) is 101 Å². The minimum atomic E-state index is -4.42. The van der Waals surface area contributed by atoms with E-state index in [1.54, 1.807) is 35.1 Å². The van der Waals surface area contributed by atoms with E-state index in [1.165, 1.54) is 6.07 Å². The van der Waals surface area contributed by atoms with E-state index in [9.17, 15) is 22.8 Å². The molecule has 1 saturated heterocycles. The molecule has 9 heteroatoms. The van der Waals surface area contributed by atoms with Crippen molar-refractivity contribution in [2.75, 3.05) is 51.3 Å². The summed E-state index contributed by atoms with van der Waals surface area (Å²) >= 11 is 0. The van der Waals surface area contributed by atoms with E-state index in [0.717, 1.165) is 17.7 Å². The molecule has 3 aromatic carbocycles. The van der Waals surface area contributed by atoms with Gasteiger partial charge in [0.05, 0.1) is 24.1 Å². The second-order valence-corrected chi connectivity index (χ2v) is 9.77. The summed E-state index contributed by atoms with van der Waals surface area (Å²) in [6, 6.07) is 21.5. The molecule has 0 N–H and O–H groups in total. The predicted octanol–water partition coefficient (Wildman–Crippen LogP) is 4.98. The van der Waals surface area contributed by atoms with Crippen molar-refractivity contribution in [2.45, 2.75) is 18.1 Å². The number of methoxy groups -OCH3 is 1. The van der Waals surface area contributed by atoms with Crippen molar-refractivity contribution in [1.29, 1.82) is 0 Å². The molecule has 0 bridgehead atoms. The van der Waals surface area contributed by atoms with Gasteiger partial charge in [0, 0.05) is 51.1 Å². The smallest absolute Gasteiger partial charge is 0.383 e. The number of halogens is 3. The van der Waals surface area contributed by atoms with Gasteiger partial charge in [-0.15, -0.1) is 0 Å². The Hall–Kier alpha value is -3.85. The fraction of sp³-hybridized carbons (Fsp3) is 0.333. The molecular weight excluding hydrogens is 507 g/mol. The average Bonchev–Trinajstić information content (AvgIpc) is 2.96. The summed E-state index contributed by atoms with van der Waals surface area (Å²) in [6.07, 6.45) is -4.42. The van der Waals surface area contributed by atoms with Crippen molar-refractivity contribution in [3.8, 4) is 0 Å². The Morgan fingerprint density at radius 2 is 1.62 bits per heavy atom. The van der Waals surface area contributed by atoms with Gasteiger partial charge in [-0.05, 0) is 35.4 Å². The van der Waals surface area contributed by atoms with Crippen LogP contribution in [0.4, 0.5) is 18.9 Å². The molecule has 6 nitrogen and oxygen atoms in total. The third-order valence-electron chi connectivity index (χ3n) is 7.51. The highest BCUT2D eigenvalue weighted by molar-refractivity contribution is 6.01. The fourth-order valence-electron chi connectivity index (χ4n) is 5.58. The highest BCUT2D eigenvalue weighted by atomic mass is 19.4. The summed E-state index contributed by atoms with van der Waals surface area (Å²) in [6.45, 7) is 2.19. The van der Waals surface area contributed by atoms with Crippen LogP contribution in [0.25, 0.3) is 0 Å². The minimum Gasteiger partial charge on any atom is -0.383 e. The molecule has 2 aliphatic heterocycles. The zero-order chi connectivity index (χ0) is 27.6. The number of hydrogen-bond donors (Lipinski definition) is 0. The molecule has 204 valence electrons. The van der Waals surface area contributed by atoms with Crippen LogP contribution in [0.15, 0.2) is 78.9 Å². The second-order valence-electron chi connectivity index (χ2n) is 9.77. The number of hydrogen-bond acceptors (Lipinski definition) is 4. The maximum atomic E-state index is 14.2. The monoisotopic (exact) mass is 537 g/mol. The Bertz CT molecular complexity index is 1320. The normalized spacial score (nSPS) is 19.7. The van der Waals surface area contributed by atoms with Crippen LogP contribution >= 0.6 is 0 Å². The van der Waals surface area contributed by atoms with Crippen LogP contribution in [-0.4, -0.2) is 68.1 Å². The van der Waals surface area contributed by atoms with Crippen LogP contribution in [0.5, 0.6) is 0 Å². The number of rotatable bonds is 6. The van der Waals surface area contributed by atoms with E-state index >= 15 is 0 Å². The van der Waals surface area contributed by atoms with E-state index in [0.29, 0.717) is 56.1 Å². The van der Waals surface area contributed by atoms with Gasteiger partial charge in [0.2, 0.25) is 5.91 Å². The molecule has 0 spiro atoms. The number of alkyl halides is 3. The standard InChI is InChI=1S/C30H30F3N3O3/c1-39-19-18-36-27(21-8-3-2-4-9-21)26(24-12-5-6-13-25(24)28(36)37)29(38)35-16-14-34(15-17-35)23-11-7-10-22(20-23)30(31,32)33/h2-13,20,26-27H,14-19H2,1H3/t26-,27-/m0/s1. The first-order chi connectivity index (χ1) is 18.8. The molecule has 0 unspecified atom stereocenters. The first kappa shape index (κ1) is 26.7. The lowest BCUT2D eigenvalue weighted by molar-refractivity contribution is -0.137. The van der Waals surface area contributed by atoms with Gasteiger partial charge < -0.3 is 19.4 Å². The molecule has 2 aliphatic rings. The van der Waals surface area contributed by atoms with Crippen LogP contribution < -0.4 is 4.90 Å². The van der Waals surface area contributed by atoms with Gasteiger partial charge in [-0.25, -0.2) is 0 Å². The Morgan fingerprint density at radius 1 is 0.923 bits per heavy atom. The maximum Gasteiger partial charge on any atom is 0.416 e. The number of nitrogens with zero attached hydrogens (tertiary/aromatic N) is 3. The summed E-state index contributed by atoms with van der Waals surface area (Å²) in [5.74, 6) is -0.872. The summed E-state index contributed by atoms with van der Waals surface area (Å²) < 4.78 is 45.0. The zero-order valence-corrected chi connectivity index (χ0v) is 21.6. The third kappa shape index (κ3) is 5.36. The molecule has 1 fully saturated rings. The van der Waals surface area contributed by atoms with Crippen LogP contribution in [0.1, 0.15) is 39.0 Å². The summed E-state index contributed by atoms with van der Waals surface area (Å²) in [7, 11) is 1.58. The van der Waals surface area contributed by atoms with Crippen molar-refractivity contribution in [3.63, 3.8) is 0 Å². The lowest BCUT2D eigenvalue weighted by Crippen LogP contribution is -2.53. The first-order valence-electron chi connectivity index (χ1n) is 12.9. The van der Waals surface area contributed by atoms with E-state index in [-0.39, 0.29) is 11.8 Å². The third-order valence-corrected chi connectivity index (χ3v) is 7.51. The molecule has 3 aromatic rings. The summed E-state index contributed by atoms with van der Waals surface area (Å²) in [5.41, 5.74) is 1.84. The molecule has 39 heavy (non-hydrogen) atoms. The van der Waals surface area contributed by atoms with Crippen molar-refractivity contribution >= 4 is 17.5 Å². The number of ether oxygens (including phenoxy) is 1. The molecule has 0 aromatic heterocycles. The molecule has 5 rings (SSSR count). The number of piperazine rings is 1. The Labute approximate surface area is 225 Å². The van der Waals surface area contributed by atoms with E-state index in [1.807, 2.05) is 47.4 Å². The quantitative estimate of drug-likeness (QED) is 0.445.